The van der Waals surface area contributed by atoms with Crippen LogP contribution in [0.1, 0.15) is 24.4 Å². The fourth-order valence-electron chi connectivity index (χ4n) is 4.15. The number of rotatable bonds is 6. The number of likely N-dealkylation sites (tertiary alicyclic amines) is 1. The molecule has 2 aliphatic heterocycles. The summed E-state index contributed by atoms with van der Waals surface area (Å²) in [5.74, 6) is 2.66. The van der Waals surface area contributed by atoms with E-state index in [0.29, 0.717) is 24.1 Å². The van der Waals surface area contributed by atoms with E-state index in [0.717, 1.165) is 47.9 Å². The van der Waals surface area contributed by atoms with Gasteiger partial charge in [-0.2, -0.15) is 0 Å². The van der Waals surface area contributed by atoms with E-state index in [9.17, 15) is 4.79 Å². The Kier molecular flexibility index (Phi) is 5.89. The summed E-state index contributed by atoms with van der Waals surface area (Å²) in [4.78, 5) is 15.1. The molecule has 3 heterocycles. The van der Waals surface area contributed by atoms with Crippen LogP contribution in [0.25, 0.3) is 5.69 Å². The third-order valence-corrected chi connectivity index (χ3v) is 6.62. The molecule has 2 aromatic carbocycles. The molecule has 0 spiro atoms. The first-order valence-electron chi connectivity index (χ1n) is 10.6. The second-order valence-electron chi connectivity index (χ2n) is 7.62. The largest absolute Gasteiger partial charge is 0.497 e. The minimum absolute atomic E-state index is 0.0511. The molecule has 8 nitrogen and oxygen atoms in total. The molecule has 32 heavy (non-hydrogen) atoms. The van der Waals surface area contributed by atoms with Crippen LogP contribution in [0.4, 0.5) is 0 Å². The summed E-state index contributed by atoms with van der Waals surface area (Å²) < 4.78 is 18.5. The smallest absolute Gasteiger partial charge is 0.233 e. The first kappa shape index (κ1) is 20.7. The van der Waals surface area contributed by atoms with Crippen LogP contribution in [0.5, 0.6) is 17.2 Å². The zero-order chi connectivity index (χ0) is 21.9. The molecule has 3 aromatic rings. The third kappa shape index (κ3) is 4.12. The molecule has 1 aromatic heterocycles. The van der Waals surface area contributed by atoms with Crippen molar-refractivity contribution in [3.63, 3.8) is 0 Å². The summed E-state index contributed by atoms with van der Waals surface area (Å²) in [5.41, 5.74) is 1.98. The maximum absolute atomic E-state index is 13.1. The maximum Gasteiger partial charge on any atom is 0.233 e. The summed E-state index contributed by atoms with van der Waals surface area (Å²) in [6.07, 6.45) is 3.57. The van der Waals surface area contributed by atoms with Crippen molar-refractivity contribution in [2.75, 3.05) is 32.6 Å². The van der Waals surface area contributed by atoms with E-state index in [1.54, 1.807) is 13.4 Å². The highest BCUT2D eigenvalue weighted by molar-refractivity contribution is 7.99. The zero-order valence-corrected chi connectivity index (χ0v) is 18.6. The lowest BCUT2D eigenvalue weighted by molar-refractivity contribution is -0.129. The van der Waals surface area contributed by atoms with E-state index in [1.165, 1.54) is 11.8 Å². The number of hydrogen-bond donors (Lipinski definition) is 0. The normalized spacial score (nSPS) is 17.4. The Hall–Kier alpha value is -3.20. The summed E-state index contributed by atoms with van der Waals surface area (Å²) in [7, 11) is 1.63. The summed E-state index contributed by atoms with van der Waals surface area (Å²) in [6.45, 7) is 1.87. The standard InChI is InChI=1S/C23H24N4O4S/c1-29-18-5-2-4-17(13-18)27-15-24-25-23(27)32-14-22(28)26-9-3-6-19(26)16-7-8-20-21(12-16)31-11-10-30-20/h2,4-5,7-8,12-13,15,19H,3,6,9-11,14H2,1H3/t19-/m0/s1. The van der Waals surface area contributed by atoms with Gasteiger partial charge in [-0.1, -0.05) is 23.9 Å². The Balaban J connectivity index is 1.28. The van der Waals surface area contributed by atoms with Gasteiger partial charge in [0, 0.05) is 12.6 Å². The number of fused-ring (bicyclic) bond motifs is 1. The van der Waals surface area contributed by atoms with Gasteiger partial charge in [0.15, 0.2) is 16.7 Å². The second kappa shape index (κ2) is 9.12. The van der Waals surface area contributed by atoms with Crippen molar-refractivity contribution in [1.29, 1.82) is 0 Å². The minimum Gasteiger partial charge on any atom is -0.497 e. The summed E-state index contributed by atoms with van der Waals surface area (Å²) in [6, 6.07) is 13.7. The Morgan fingerprint density at radius 2 is 2.06 bits per heavy atom. The first-order chi connectivity index (χ1) is 15.7. The van der Waals surface area contributed by atoms with Gasteiger partial charge in [0.05, 0.1) is 24.6 Å². The fraction of sp³-hybridized carbons (Fsp3) is 0.348. The topological polar surface area (TPSA) is 78.7 Å². The van der Waals surface area contributed by atoms with E-state index in [-0.39, 0.29) is 11.9 Å². The summed E-state index contributed by atoms with van der Waals surface area (Å²) >= 11 is 1.39. The second-order valence-corrected chi connectivity index (χ2v) is 8.56. The number of carbonyl (C=O) groups excluding carboxylic acids is 1. The molecule has 1 saturated heterocycles. The first-order valence-corrected chi connectivity index (χ1v) is 11.6. The molecule has 0 aliphatic carbocycles. The van der Waals surface area contributed by atoms with Gasteiger partial charge >= 0.3 is 0 Å². The van der Waals surface area contributed by atoms with Gasteiger partial charge in [-0.15, -0.1) is 10.2 Å². The van der Waals surface area contributed by atoms with E-state index in [1.807, 2.05) is 51.9 Å². The van der Waals surface area contributed by atoms with Crippen LogP contribution in [0.2, 0.25) is 0 Å². The van der Waals surface area contributed by atoms with Crippen molar-refractivity contribution >= 4 is 17.7 Å². The molecule has 1 fully saturated rings. The van der Waals surface area contributed by atoms with Gasteiger partial charge in [-0.25, -0.2) is 0 Å². The minimum atomic E-state index is 0.0511. The Morgan fingerprint density at radius 1 is 1.19 bits per heavy atom. The van der Waals surface area contributed by atoms with Crippen molar-refractivity contribution in [3.05, 3.63) is 54.4 Å². The number of benzene rings is 2. The lowest BCUT2D eigenvalue weighted by Crippen LogP contribution is -2.32. The molecule has 1 amide bonds. The van der Waals surface area contributed by atoms with E-state index in [2.05, 4.69) is 10.2 Å². The number of methoxy groups -OCH3 is 1. The number of carbonyl (C=O) groups is 1. The zero-order valence-electron chi connectivity index (χ0n) is 17.8. The molecule has 0 bridgehead atoms. The SMILES string of the molecule is COc1cccc(-n2cnnc2SCC(=O)N2CCC[C@H]2c2ccc3c(c2)OCCO3)c1. The Bertz CT molecular complexity index is 1120. The molecule has 0 saturated carbocycles. The molecule has 1 atom stereocenters. The van der Waals surface area contributed by atoms with Crippen LogP contribution < -0.4 is 14.2 Å². The van der Waals surface area contributed by atoms with Crippen LogP contribution in [-0.2, 0) is 4.79 Å². The number of nitrogens with zero attached hydrogens (tertiary/aromatic N) is 4. The van der Waals surface area contributed by atoms with Gasteiger partial charge < -0.3 is 19.1 Å². The highest BCUT2D eigenvalue weighted by Crippen LogP contribution is 2.38. The van der Waals surface area contributed by atoms with Crippen LogP contribution in [0.15, 0.2) is 53.9 Å². The van der Waals surface area contributed by atoms with Gasteiger partial charge in [0.2, 0.25) is 5.91 Å². The lowest BCUT2D eigenvalue weighted by Gasteiger charge is -2.26. The quantitative estimate of drug-likeness (QED) is 0.530. The van der Waals surface area contributed by atoms with Crippen molar-refractivity contribution in [1.82, 2.24) is 19.7 Å². The van der Waals surface area contributed by atoms with Crippen LogP contribution in [-0.4, -0.2) is 58.2 Å². The maximum atomic E-state index is 13.1. The molecule has 9 heteroatoms. The Morgan fingerprint density at radius 3 is 2.94 bits per heavy atom. The average molecular weight is 453 g/mol. The van der Waals surface area contributed by atoms with Crippen molar-refractivity contribution in [3.8, 4) is 22.9 Å². The van der Waals surface area contributed by atoms with Crippen molar-refractivity contribution in [2.45, 2.75) is 24.0 Å². The van der Waals surface area contributed by atoms with E-state index in [4.69, 9.17) is 14.2 Å². The van der Waals surface area contributed by atoms with E-state index < -0.39 is 0 Å². The van der Waals surface area contributed by atoms with Crippen molar-refractivity contribution in [2.24, 2.45) is 0 Å². The Labute approximate surface area is 190 Å². The molecular formula is C23H24N4O4S. The monoisotopic (exact) mass is 452 g/mol. The number of hydrogen-bond acceptors (Lipinski definition) is 7. The average Bonchev–Trinajstić information content (AvgIpc) is 3.52. The highest BCUT2D eigenvalue weighted by Gasteiger charge is 2.31. The van der Waals surface area contributed by atoms with Gasteiger partial charge in [-0.3, -0.25) is 9.36 Å². The number of aromatic nitrogens is 3. The number of amides is 1. The molecule has 0 unspecified atom stereocenters. The predicted octanol–water partition coefficient (Wildman–Crippen LogP) is 3.50. The van der Waals surface area contributed by atoms with Crippen LogP contribution in [0, 0.1) is 0 Å². The number of thioether (sulfide) groups is 1. The summed E-state index contributed by atoms with van der Waals surface area (Å²) in [5, 5.41) is 8.91. The van der Waals surface area contributed by atoms with Crippen LogP contribution >= 0.6 is 11.8 Å². The van der Waals surface area contributed by atoms with Gasteiger partial charge in [0.25, 0.3) is 0 Å². The molecule has 0 N–H and O–H groups in total. The van der Waals surface area contributed by atoms with E-state index >= 15 is 0 Å². The van der Waals surface area contributed by atoms with Crippen molar-refractivity contribution < 1.29 is 19.0 Å². The molecule has 2 aliphatic rings. The lowest BCUT2D eigenvalue weighted by atomic mass is 10.0. The number of ether oxygens (including phenoxy) is 3. The predicted molar refractivity (Wildman–Crippen MR) is 120 cm³/mol. The third-order valence-electron chi connectivity index (χ3n) is 5.70. The molecule has 0 radical (unpaired) electrons. The van der Waals surface area contributed by atoms with Gasteiger partial charge in [0.1, 0.15) is 25.3 Å². The molecular weight excluding hydrogens is 428 g/mol. The van der Waals surface area contributed by atoms with Crippen LogP contribution in [0.3, 0.4) is 0 Å². The fourth-order valence-corrected chi connectivity index (χ4v) is 4.96. The highest BCUT2D eigenvalue weighted by atomic mass is 32.2. The molecule has 5 rings (SSSR count). The van der Waals surface area contributed by atoms with Gasteiger partial charge in [-0.05, 0) is 42.7 Å². The molecule has 166 valence electrons.